The molecule has 0 heterocycles. The first-order valence-corrected chi connectivity index (χ1v) is 8.54. The van der Waals surface area contributed by atoms with Gasteiger partial charge in [0.05, 0.1) is 13.2 Å². The Balaban J connectivity index is 2.64. The molecule has 0 fully saturated rings. The van der Waals surface area contributed by atoms with Crippen LogP contribution in [0.3, 0.4) is 0 Å². The summed E-state index contributed by atoms with van der Waals surface area (Å²) in [5.41, 5.74) is 2.58. The van der Waals surface area contributed by atoms with E-state index < -0.39 is 0 Å². The van der Waals surface area contributed by atoms with Gasteiger partial charge in [0.2, 0.25) is 0 Å². The minimum atomic E-state index is 0.670. The molecule has 0 radical (unpaired) electrons. The number of aliphatic imine (C=N–C) groups is 1. The van der Waals surface area contributed by atoms with Crippen molar-refractivity contribution in [2.75, 3.05) is 39.9 Å². The lowest BCUT2D eigenvalue weighted by atomic mass is 10.1. The van der Waals surface area contributed by atoms with E-state index in [9.17, 15) is 0 Å². The fourth-order valence-corrected chi connectivity index (χ4v) is 2.32. The van der Waals surface area contributed by atoms with Crippen LogP contribution in [-0.2, 0) is 17.8 Å². The Kier molecular flexibility index (Phi) is 10.1. The number of methoxy groups -OCH3 is 1. The second-order valence-corrected chi connectivity index (χ2v) is 5.40. The summed E-state index contributed by atoms with van der Waals surface area (Å²) in [5.74, 6) is 0.832. The molecule has 130 valence electrons. The predicted octanol–water partition coefficient (Wildman–Crippen LogP) is 2.23. The van der Waals surface area contributed by atoms with Crippen molar-refractivity contribution in [2.24, 2.45) is 4.99 Å². The van der Waals surface area contributed by atoms with Crippen molar-refractivity contribution in [1.29, 1.82) is 0 Å². The van der Waals surface area contributed by atoms with Gasteiger partial charge < -0.3 is 15.4 Å². The zero-order chi connectivity index (χ0) is 16.9. The van der Waals surface area contributed by atoms with E-state index in [4.69, 9.17) is 4.74 Å². The maximum Gasteiger partial charge on any atom is 0.191 e. The molecular formula is C18H32N4O. The van der Waals surface area contributed by atoms with E-state index in [0.717, 1.165) is 38.7 Å². The van der Waals surface area contributed by atoms with Crippen LogP contribution in [0.1, 0.15) is 31.9 Å². The molecule has 0 aromatic heterocycles. The van der Waals surface area contributed by atoms with E-state index in [0.29, 0.717) is 13.2 Å². The van der Waals surface area contributed by atoms with Gasteiger partial charge in [-0.15, -0.1) is 0 Å². The lowest BCUT2D eigenvalue weighted by molar-refractivity contribution is 0.203. The smallest absolute Gasteiger partial charge is 0.191 e. The molecule has 0 spiro atoms. The van der Waals surface area contributed by atoms with E-state index in [1.807, 2.05) is 0 Å². The number of hydrogen-bond donors (Lipinski definition) is 2. The Hall–Kier alpha value is -1.59. The third-order valence-electron chi connectivity index (χ3n) is 3.65. The van der Waals surface area contributed by atoms with Crippen LogP contribution in [0.4, 0.5) is 0 Å². The molecular weight excluding hydrogens is 288 g/mol. The first-order chi connectivity index (χ1) is 11.2. The Morgan fingerprint density at radius 2 is 1.87 bits per heavy atom. The highest BCUT2D eigenvalue weighted by Gasteiger charge is 2.02. The van der Waals surface area contributed by atoms with Crippen LogP contribution in [0.5, 0.6) is 0 Å². The van der Waals surface area contributed by atoms with Crippen LogP contribution in [0, 0.1) is 0 Å². The number of guanidine groups is 1. The Labute approximate surface area is 141 Å². The molecule has 1 aromatic carbocycles. The molecule has 23 heavy (non-hydrogen) atoms. The van der Waals surface area contributed by atoms with Gasteiger partial charge in [-0.3, -0.25) is 4.90 Å². The standard InChI is InChI=1S/C18H32N4O/c1-5-19-18(20-11-12-23-4)21-14-16-9-8-10-17(13-16)15-22(6-2)7-3/h8-10,13H,5-7,11-12,14-15H2,1-4H3,(H2,19,20,21). The van der Waals surface area contributed by atoms with Gasteiger partial charge in [0.15, 0.2) is 5.96 Å². The van der Waals surface area contributed by atoms with Crippen molar-refractivity contribution in [2.45, 2.75) is 33.9 Å². The molecule has 1 aromatic rings. The molecule has 0 amide bonds. The predicted molar refractivity (Wildman–Crippen MR) is 97.8 cm³/mol. The van der Waals surface area contributed by atoms with Crippen LogP contribution in [0.15, 0.2) is 29.3 Å². The lowest BCUT2D eigenvalue weighted by Crippen LogP contribution is -2.38. The molecule has 0 aliphatic rings. The van der Waals surface area contributed by atoms with Gasteiger partial charge in [0.1, 0.15) is 0 Å². The second-order valence-electron chi connectivity index (χ2n) is 5.40. The summed E-state index contributed by atoms with van der Waals surface area (Å²) in [5, 5.41) is 6.51. The third-order valence-corrected chi connectivity index (χ3v) is 3.65. The molecule has 0 saturated heterocycles. The Morgan fingerprint density at radius 1 is 1.13 bits per heavy atom. The third kappa shape index (κ3) is 8.00. The average Bonchev–Trinajstić information content (AvgIpc) is 2.58. The van der Waals surface area contributed by atoms with Crippen LogP contribution in [-0.4, -0.2) is 50.8 Å². The molecule has 0 atom stereocenters. The summed E-state index contributed by atoms with van der Waals surface area (Å²) in [7, 11) is 1.70. The summed E-state index contributed by atoms with van der Waals surface area (Å²) in [6.07, 6.45) is 0. The van der Waals surface area contributed by atoms with Crippen LogP contribution in [0.2, 0.25) is 0 Å². The number of nitrogens with zero attached hydrogens (tertiary/aromatic N) is 2. The van der Waals surface area contributed by atoms with Gasteiger partial charge in [-0.1, -0.05) is 38.1 Å². The number of ether oxygens (including phenoxy) is 1. The number of benzene rings is 1. The number of hydrogen-bond acceptors (Lipinski definition) is 3. The number of rotatable bonds is 10. The molecule has 1 rings (SSSR count). The summed E-state index contributed by atoms with van der Waals surface area (Å²) in [6.45, 7) is 12.6. The Bertz CT molecular complexity index is 458. The monoisotopic (exact) mass is 320 g/mol. The normalized spacial score (nSPS) is 11.8. The van der Waals surface area contributed by atoms with Gasteiger partial charge in [0, 0.05) is 26.7 Å². The lowest BCUT2D eigenvalue weighted by Gasteiger charge is -2.18. The minimum Gasteiger partial charge on any atom is -0.383 e. The summed E-state index contributed by atoms with van der Waals surface area (Å²) in [6, 6.07) is 8.69. The van der Waals surface area contributed by atoms with Crippen molar-refractivity contribution in [3.8, 4) is 0 Å². The largest absolute Gasteiger partial charge is 0.383 e. The van der Waals surface area contributed by atoms with Gasteiger partial charge in [-0.2, -0.15) is 0 Å². The fraction of sp³-hybridized carbons (Fsp3) is 0.611. The van der Waals surface area contributed by atoms with Gasteiger partial charge in [0.25, 0.3) is 0 Å². The highest BCUT2D eigenvalue weighted by Crippen LogP contribution is 2.09. The molecule has 0 bridgehead atoms. The first kappa shape index (κ1) is 19.5. The highest BCUT2D eigenvalue weighted by molar-refractivity contribution is 5.79. The quantitative estimate of drug-likeness (QED) is 0.394. The topological polar surface area (TPSA) is 48.9 Å². The Morgan fingerprint density at radius 3 is 2.52 bits per heavy atom. The van der Waals surface area contributed by atoms with Crippen molar-refractivity contribution in [1.82, 2.24) is 15.5 Å². The molecule has 0 aliphatic carbocycles. The van der Waals surface area contributed by atoms with Crippen LogP contribution >= 0.6 is 0 Å². The zero-order valence-corrected chi connectivity index (χ0v) is 15.1. The van der Waals surface area contributed by atoms with Gasteiger partial charge in [-0.25, -0.2) is 4.99 Å². The van der Waals surface area contributed by atoms with Crippen molar-refractivity contribution in [3.63, 3.8) is 0 Å². The highest BCUT2D eigenvalue weighted by atomic mass is 16.5. The molecule has 2 N–H and O–H groups in total. The molecule has 5 heteroatoms. The average molecular weight is 320 g/mol. The molecule has 0 unspecified atom stereocenters. The SMILES string of the molecule is CCNC(=NCc1cccc(CN(CC)CC)c1)NCCOC. The number of nitrogens with one attached hydrogen (secondary N) is 2. The van der Waals surface area contributed by atoms with E-state index in [1.165, 1.54) is 11.1 Å². The van der Waals surface area contributed by atoms with E-state index in [1.54, 1.807) is 7.11 Å². The van der Waals surface area contributed by atoms with Crippen molar-refractivity contribution < 1.29 is 4.74 Å². The van der Waals surface area contributed by atoms with Crippen LogP contribution < -0.4 is 10.6 Å². The summed E-state index contributed by atoms with van der Waals surface area (Å²) in [4.78, 5) is 7.06. The van der Waals surface area contributed by atoms with E-state index in [2.05, 4.69) is 65.6 Å². The van der Waals surface area contributed by atoms with Crippen LogP contribution in [0.25, 0.3) is 0 Å². The maximum atomic E-state index is 5.06. The second kappa shape index (κ2) is 11.9. The summed E-state index contributed by atoms with van der Waals surface area (Å²) >= 11 is 0. The van der Waals surface area contributed by atoms with Crippen molar-refractivity contribution >= 4 is 5.96 Å². The molecule has 0 saturated carbocycles. The fourth-order valence-electron chi connectivity index (χ4n) is 2.32. The minimum absolute atomic E-state index is 0.670. The van der Waals surface area contributed by atoms with Gasteiger partial charge in [-0.05, 0) is 31.1 Å². The van der Waals surface area contributed by atoms with E-state index in [-0.39, 0.29) is 0 Å². The molecule has 5 nitrogen and oxygen atoms in total. The van der Waals surface area contributed by atoms with Crippen molar-refractivity contribution in [3.05, 3.63) is 35.4 Å². The maximum absolute atomic E-state index is 5.06. The first-order valence-electron chi connectivity index (χ1n) is 8.54. The van der Waals surface area contributed by atoms with E-state index >= 15 is 0 Å². The zero-order valence-electron chi connectivity index (χ0n) is 15.1. The van der Waals surface area contributed by atoms with Gasteiger partial charge >= 0.3 is 0 Å². The summed E-state index contributed by atoms with van der Waals surface area (Å²) < 4.78 is 5.06. The molecule has 0 aliphatic heterocycles.